The number of pyridine rings is 1. The molecule has 2 aromatic heterocycles. The standard InChI is InChI=1S/C23H31FN6O2/c1-14(24)16(3)32-22-11-17(10-21-28-13-19(12-25)30(21)22)23(20(26)6-9-31)15(2)29-18-4-7-27-8-5-18/h10-11,13-14,16,18,27,31H,4-9,26H2,1-3H3/b23-20+,29-15?. The molecule has 1 saturated heterocycles. The topological polar surface area (TPSA) is 121 Å². The molecule has 4 N–H and O–H groups in total. The molecule has 1 aliphatic heterocycles. The van der Waals surface area contributed by atoms with Crippen LogP contribution >= 0.6 is 0 Å². The predicted octanol–water partition coefficient (Wildman–Crippen LogP) is 2.60. The maximum absolute atomic E-state index is 13.9. The number of ether oxygens (including phenoxy) is 1. The number of fused-ring (bicyclic) bond motifs is 1. The zero-order chi connectivity index (χ0) is 23.3. The van der Waals surface area contributed by atoms with E-state index in [0.717, 1.165) is 31.6 Å². The number of aliphatic hydroxyl groups is 1. The van der Waals surface area contributed by atoms with E-state index in [4.69, 9.17) is 15.5 Å². The van der Waals surface area contributed by atoms with E-state index < -0.39 is 12.3 Å². The number of hydrogen-bond acceptors (Lipinski definition) is 7. The number of aliphatic imine (C=N–C) groups is 1. The lowest BCUT2D eigenvalue weighted by Gasteiger charge is -2.22. The van der Waals surface area contributed by atoms with Crippen molar-refractivity contribution < 1.29 is 14.2 Å². The van der Waals surface area contributed by atoms with Crippen LogP contribution < -0.4 is 15.8 Å². The zero-order valence-corrected chi connectivity index (χ0v) is 18.8. The summed E-state index contributed by atoms with van der Waals surface area (Å²) in [5.41, 5.74) is 9.81. The average molecular weight is 443 g/mol. The first-order valence-electron chi connectivity index (χ1n) is 10.9. The van der Waals surface area contributed by atoms with E-state index in [-0.39, 0.29) is 24.8 Å². The van der Waals surface area contributed by atoms with Gasteiger partial charge in [-0.2, -0.15) is 5.26 Å². The SMILES string of the molecule is CC(=NC1CCNCC1)/C(=C(\N)CCO)c1cc(OC(C)C(C)F)n2c(C#N)cnc2c1. The number of nitrogens with zero attached hydrogens (tertiary/aromatic N) is 4. The first-order chi connectivity index (χ1) is 15.3. The number of nitriles is 1. The molecule has 2 aromatic rings. The molecule has 1 fully saturated rings. The lowest BCUT2D eigenvalue weighted by molar-refractivity contribution is 0.119. The van der Waals surface area contributed by atoms with Crippen molar-refractivity contribution in [2.75, 3.05) is 19.7 Å². The normalized spacial score (nSPS) is 18.2. The Bertz CT molecular complexity index is 1050. The molecular formula is C23H31FN6O2. The monoisotopic (exact) mass is 442 g/mol. The summed E-state index contributed by atoms with van der Waals surface area (Å²) in [5, 5.41) is 22.3. The number of nitrogens with one attached hydrogen (secondary N) is 1. The summed E-state index contributed by atoms with van der Waals surface area (Å²) in [6, 6.07) is 5.82. The second-order valence-electron chi connectivity index (χ2n) is 8.10. The smallest absolute Gasteiger partial charge is 0.201 e. The molecule has 3 rings (SSSR count). The van der Waals surface area contributed by atoms with Crippen molar-refractivity contribution in [2.24, 2.45) is 10.7 Å². The highest BCUT2D eigenvalue weighted by Crippen LogP contribution is 2.29. The molecule has 3 heterocycles. The Kier molecular flexibility index (Phi) is 7.83. The molecule has 0 aromatic carbocycles. The minimum absolute atomic E-state index is 0.0973. The lowest BCUT2D eigenvalue weighted by atomic mass is 9.98. The second kappa shape index (κ2) is 10.6. The number of piperidine rings is 1. The fourth-order valence-corrected chi connectivity index (χ4v) is 3.82. The van der Waals surface area contributed by atoms with E-state index in [1.54, 1.807) is 23.5 Å². The molecule has 0 amide bonds. The van der Waals surface area contributed by atoms with Crippen LogP contribution in [-0.2, 0) is 0 Å². The van der Waals surface area contributed by atoms with Gasteiger partial charge in [0.05, 0.1) is 12.2 Å². The molecule has 32 heavy (non-hydrogen) atoms. The van der Waals surface area contributed by atoms with Gasteiger partial charge in [-0.3, -0.25) is 9.39 Å². The van der Waals surface area contributed by atoms with Gasteiger partial charge >= 0.3 is 0 Å². The minimum Gasteiger partial charge on any atom is -0.472 e. The van der Waals surface area contributed by atoms with Gasteiger partial charge < -0.3 is 20.9 Å². The Labute approximate surface area is 187 Å². The van der Waals surface area contributed by atoms with Crippen molar-refractivity contribution in [3.63, 3.8) is 0 Å². The molecule has 1 aliphatic rings. The summed E-state index contributed by atoms with van der Waals surface area (Å²) in [5.74, 6) is 0.299. The molecule has 0 bridgehead atoms. The fourth-order valence-electron chi connectivity index (χ4n) is 3.82. The Morgan fingerprint density at radius 1 is 1.44 bits per heavy atom. The largest absolute Gasteiger partial charge is 0.472 e. The van der Waals surface area contributed by atoms with Crippen LogP contribution in [0.5, 0.6) is 5.88 Å². The van der Waals surface area contributed by atoms with Gasteiger partial charge in [-0.15, -0.1) is 0 Å². The van der Waals surface area contributed by atoms with E-state index in [9.17, 15) is 14.8 Å². The molecule has 9 heteroatoms. The van der Waals surface area contributed by atoms with Gasteiger partial charge in [-0.05, 0) is 58.3 Å². The summed E-state index contributed by atoms with van der Waals surface area (Å²) in [7, 11) is 0. The number of hydrogen-bond donors (Lipinski definition) is 3. The van der Waals surface area contributed by atoms with E-state index in [0.29, 0.717) is 28.4 Å². The van der Waals surface area contributed by atoms with Gasteiger partial charge in [0.2, 0.25) is 5.88 Å². The summed E-state index contributed by atoms with van der Waals surface area (Å²) < 4.78 is 21.3. The fraction of sp³-hybridized carbons (Fsp3) is 0.522. The summed E-state index contributed by atoms with van der Waals surface area (Å²) in [6.45, 7) is 6.70. The highest BCUT2D eigenvalue weighted by molar-refractivity contribution is 6.23. The molecule has 0 radical (unpaired) electrons. The van der Waals surface area contributed by atoms with Gasteiger partial charge in [0, 0.05) is 36.1 Å². The molecule has 8 nitrogen and oxygen atoms in total. The Morgan fingerprint density at radius 3 is 2.78 bits per heavy atom. The molecule has 2 unspecified atom stereocenters. The third kappa shape index (κ3) is 5.26. The Morgan fingerprint density at radius 2 is 2.16 bits per heavy atom. The van der Waals surface area contributed by atoms with Gasteiger partial charge in [0.25, 0.3) is 0 Å². The zero-order valence-electron chi connectivity index (χ0n) is 18.8. The van der Waals surface area contributed by atoms with Crippen molar-refractivity contribution >= 4 is 16.9 Å². The maximum atomic E-state index is 13.9. The molecular weight excluding hydrogens is 411 g/mol. The molecule has 172 valence electrons. The lowest BCUT2D eigenvalue weighted by Crippen LogP contribution is -2.30. The van der Waals surface area contributed by atoms with Gasteiger partial charge in [0.15, 0.2) is 0 Å². The van der Waals surface area contributed by atoms with E-state index in [1.807, 2.05) is 6.92 Å². The highest BCUT2D eigenvalue weighted by atomic mass is 19.1. The summed E-state index contributed by atoms with van der Waals surface area (Å²) >= 11 is 0. The Balaban J connectivity index is 2.15. The van der Waals surface area contributed by atoms with Crippen LogP contribution in [-0.4, -0.2) is 58.2 Å². The molecule has 0 spiro atoms. The van der Waals surface area contributed by atoms with Crippen LogP contribution in [0.15, 0.2) is 29.0 Å². The number of halogens is 1. The van der Waals surface area contributed by atoms with Crippen LogP contribution in [0.25, 0.3) is 11.2 Å². The third-order valence-electron chi connectivity index (χ3n) is 5.68. The quantitative estimate of drug-likeness (QED) is 0.541. The number of alkyl halides is 1. The number of rotatable bonds is 8. The first kappa shape index (κ1) is 23.7. The number of imidazole rings is 1. The molecule has 2 atom stereocenters. The maximum Gasteiger partial charge on any atom is 0.201 e. The third-order valence-corrected chi connectivity index (χ3v) is 5.68. The van der Waals surface area contributed by atoms with Crippen molar-refractivity contribution in [2.45, 2.75) is 58.4 Å². The number of aromatic nitrogens is 2. The summed E-state index contributed by atoms with van der Waals surface area (Å²) in [6.07, 6.45) is 1.68. The van der Waals surface area contributed by atoms with Crippen LogP contribution in [0.1, 0.15) is 51.3 Å². The van der Waals surface area contributed by atoms with Gasteiger partial charge in [0.1, 0.15) is 29.7 Å². The minimum atomic E-state index is -1.21. The molecule has 0 saturated carbocycles. The van der Waals surface area contributed by atoms with E-state index >= 15 is 0 Å². The number of aliphatic hydroxyl groups excluding tert-OH is 1. The van der Waals surface area contributed by atoms with E-state index in [1.165, 1.54) is 13.1 Å². The van der Waals surface area contributed by atoms with Gasteiger partial charge in [-0.1, -0.05) is 0 Å². The molecule has 0 aliphatic carbocycles. The van der Waals surface area contributed by atoms with Crippen molar-refractivity contribution in [1.29, 1.82) is 5.26 Å². The van der Waals surface area contributed by atoms with E-state index in [2.05, 4.69) is 16.4 Å². The van der Waals surface area contributed by atoms with Gasteiger partial charge in [-0.25, -0.2) is 9.37 Å². The Hall–Kier alpha value is -2.96. The van der Waals surface area contributed by atoms with Crippen LogP contribution in [0.3, 0.4) is 0 Å². The average Bonchev–Trinajstić information content (AvgIpc) is 3.18. The van der Waals surface area contributed by atoms with Crippen molar-refractivity contribution in [3.05, 3.63) is 35.3 Å². The predicted molar refractivity (Wildman–Crippen MR) is 122 cm³/mol. The first-order valence-corrected chi connectivity index (χ1v) is 10.9. The summed E-state index contributed by atoms with van der Waals surface area (Å²) in [4.78, 5) is 9.24. The number of allylic oxidation sites excluding steroid dienone is 1. The highest BCUT2D eigenvalue weighted by Gasteiger charge is 2.21. The van der Waals surface area contributed by atoms with Crippen LogP contribution in [0.4, 0.5) is 4.39 Å². The van der Waals surface area contributed by atoms with Crippen LogP contribution in [0, 0.1) is 11.3 Å². The van der Waals surface area contributed by atoms with Crippen LogP contribution in [0.2, 0.25) is 0 Å². The van der Waals surface area contributed by atoms with Crippen molar-refractivity contribution in [1.82, 2.24) is 14.7 Å². The second-order valence-corrected chi connectivity index (χ2v) is 8.10. The van der Waals surface area contributed by atoms with Crippen molar-refractivity contribution in [3.8, 4) is 11.9 Å². The number of nitrogens with two attached hydrogens (primary N) is 1.